The number of nitrogens with zero attached hydrogens (tertiary/aromatic N) is 5. The molecule has 0 radical (unpaired) electrons. The Morgan fingerprint density at radius 2 is 2.06 bits per heavy atom. The van der Waals surface area contributed by atoms with Crippen molar-refractivity contribution in [1.82, 2.24) is 35.3 Å². The Hall–Kier alpha value is -3.31. The van der Waals surface area contributed by atoms with Gasteiger partial charge < -0.3 is 14.6 Å². The lowest BCUT2D eigenvalue weighted by Crippen LogP contribution is -2.49. The summed E-state index contributed by atoms with van der Waals surface area (Å²) >= 11 is 0. The fourth-order valence-corrected chi connectivity index (χ4v) is 4.34. The van der Waals surface area contributed by atoms with E-state index in [-0.39, 0.29) is 11.1 Å². The van der Waals surface area contributed by atoms with Gasteiger partial charge in [0.15, 0.2) is 0 Å². The van der Waals surface area contributed by atoms with Crippen molar-refractivity contribution >= 4 is 10.9 Å². The molecule has 178 valence electrons. The standard InChI is InChI=1S/C23H24F3N7O/c1-13(27-2)19-21-16(8-17(29-19)23(24,25)26)20(31-32-21)14-5-4-6-15(7-14)22(10-34-11-22)9-18-30-28-12-33(18)3/h4-8,12-13,27H,9-11H2,1-3H3,(H,31,32)/t13-/m1/s1. The van der Waals surface area contributed by atoms with Crippen LogP contribution >= 0.6 is 0 Å². The normalized spacial score (nSPS) is 16.5. The predicted molar refractivity (Wildman–Crippen MR) is 119 cm³/mol. The molecule has 1 aromatic carbocycles. The van der Waals surface area contributed by atoms with E-state index in [1.165, 1.54) is 0 Å². The zero-order valence-electron chi connectivity index (χ0n) is 18.9. The van der Waals surface area contributed by atoms with E-state index in [2.05, 4.69) is 30.7 Å². The summed E-state index contributed by atoms with van der Waals surface area (Å²) in [5.74, 6) is 0.838. The number of pyridine rings is 1. The van der Waals surface area contributed by atoms with Crippen LogP contribution in [0.4, 0.5) is 13.2 Å². The smallest absolute Gasteiger partial charge is 0.379 e. The van der Waals surface area contributed by atoms with Gasteiger partial charge in [-0.05, 0) is 31.7 Å². The second-order valence-electron chi connectivity index (χ2n) is 8.78. The van der Waals surface area contributed by atoms with Crippen LogP contribution in [0.2, 0.25) is 0 Å². The third kappa shape index (κ3) is 3.74. The van der Waals surface area contributed by atoms with Crippen molar-refractivity contribution in [3.63, 3.8) is 0 Å². The third-order valence-electron chi connectivity index (χ3n) is 6.52. The number of aromatic nitrogens is 6. The zero-order valence-corrected chi connectivity index (χ0v) is 18.9. The molecule has 11 heteroatoms. The number of aryl methyl sites for hydroxylation is 1. The molecule has 5 rings (SSSR count). The molecule has 8 nitrogen and oxygen atoms in total. The largest absolute Gasteiger partial charge is 0.433 e. The van der Waals surface area contributed by atoms with E-state index in [4.69, 9.17) is 4.74 Å². The van der Waals surface area contributed by atoms with E-state index in [0.717, 1.165) is 23.0 Å². The monoisotopic (exact) mass is 471 g/mol. The van der Waals surface area contributed by atoms with Crippen LogP contribution in [-0.4, -0.2) is 50.2 Å². The van der Waals surface area contributed by atoms with Gasteiger partial charge >= 0.3 is 6.18 Å². The number of aromatic amines is 1. The second-order valence-corrected chi connectivity index (χ2v) is 8.78. The predicted octanol–water partition coefficient (Wildman–Crippen LogP) is 3.56. The molecule has 0 spiro atoms. The molecule has 1 aliphatic rings. The topological polar surface area (TPSA) is 93.5 Å². The average Bonchev–Trinajstić information content (AvgIpc) is 3.40. The Balaban J connectivity index is 1.61. The molecular formula is C23H24F3N7O. The van der Waals surface area contributed by atoms with Crippen LogP contribution in [0.3, 0.4) is 0 Å². The Labute approximate surface area is 193 Å². The number of H-pyrrole nitrogens is 1. The number of fused-ring (bicyclic) bond motifs is 1. The van der Waals surface area contributed by atoms with Crippen LogP contribution in [0.1, 0.15) is 35.7 Å². The highest BCUT2D eigenvalue weighted by atomic mass is 19.4. The highest BCUT2D eigenvalue weighted by Gasteiger charge is 2.42. The lowest BCUT2D eigenvalue weighted by Gasteiger charge is -2.41. The maximum atomic E-state index is 13.6. The van der Waals surface area contributed by atoms with Crippen LogP contribution < -0.4 is 5.32 Å². The van der Waals surface area contributed by atoms with Gasteiger partial charge in [0.25, 0.3) is 0 Å². The van der Waals surface area contributed by atoms with Gasteiger partial charge in [0.1, 0.15) is 23.5 Å². The number of hydrogen-bond acceptors (Lipinski definition) is 6. The maximum Gasteiger partial charge on any atom is 0.433 e. The fraction of sp³-hybridized carbons (Fsp3) is 0.391. The summed E-state index contributed by atoms with van der Waals surface area (Å²) in [4.78, 5) is 3.89. The number of hydrogen-bond donors (Lipinski definition) is 2. The van der Waals surface area contributed by atoms with Crippen molar-refractivity contribution in [2.45, 2.75) is 31.0 Å². The molecule has 4 heterocycles. The van der Waals surface area contributed by atoms with Crippen LogP contribution in [0.5, 0.6) is 0 Å². The van der Waals surface area contributed by atoms with E-state index in [1.54, 1.807) is 20.3 Å². The van der Waals surface area contributed by atoms with E-state index in [9.17, 15) is 13.2 Å². The summed E-state index contributed by atoms with van der Waals surface area (Å²) in [6.45, 7) is 2.81. The van der Waals surface area contributed by atoms with Gasteiger partial charge in [0, 0.05) is 35.9 Å². The first kappa shape index (κ1) is 22.5. The summed E-state index contributed by atoms with van der Waals surface area (Å²) in [6.07, 6.45) is -2.28. The molecule has 2 N–H and O–H groups in total. The molecule has 1 saturated heterocycles. The number of ether oxygens (including phenoxy) is 1. The highest BCUT2D eigenvalue weighted by Crippen LogP contribution is 2.39. The summed E-state index contributed by atoms with van der Waals surface area (Å²) < 4.78 is 48.4. The second kappa shape index (κ2) is 8.17. The molecule has 0 amide bonds. The summed E-state index contributed by atoms with van der Waals surface area (Å²) in [5, 5.41) is 18.8. The molecule has 1 atom stereocenters. The van der Waals surface area contributed by atoms with Gasteiger partial charge in [-0.15, -0.1) is 10.2 Å². The molecular weight excluding hydrogens is 447 g/mol. The van der Waals surface area contributed by atoms with Crippen molar-refractivity contribution < 1.29 is 17.9 Å². The van der Waals surface area contributed by atoms with Crippen LogP contribution in [0.25, 0.3) is 22.2 Å². The average molecular weight is 471 g/mol. The first-order valence-corrected chi connectivity index (χ1v) is 10.9. The Morgan fingerprint density at radius 1 is 1.26 bits per heavy atom. The van der Waals surface area contributed by atoms with E-state index in [0.29, 0.717) is 36.2 Å². The van der Waals surface area contributed by atoms with Gasteiger partial charge in [-0.1, -0.05) is 18.2 Å². The quantitative estimate of drug-likeness (QED) is 0.447. The SMILES string of the molecule is CN[C@H](C)c1nc(C(F)(F)F)cc2c(-c3cccc(C4(Cc5nncn5C)COC4)c3)n[nH]c12. The van der Waals surface area contributed by atoms with E-state index in [1.807, 2.05) is 35.9 Å². The summed E-state index contributed by atoms with van der Waals surface area (Å²) in [5.41, 5.74) is 1.71. The minimum atomic E-state index is -4.57. The highest BCUT2D eigenvalue weighted by molar-refractivity contribution is 5.94. The molecule has 0 unspecified atom stereocenters. The van der Waals surface area contributed by atoms with E-state index < -0.39 is 17.9 Å². The summed E-state index contributed by atoms with van der Waals surface area (Å²) in [7, 11) is 3.57. The Bertz CT molecular complexity index is 1340. The Kier molecular flexibility index (Phi) is 5.40. The van der Waals surface area contributed by atoms with Crippen molar-refractivity contribution in [3.8, 4) is 11.3 Å². The molecule has 0 bridgehead atoms. The van der Waals surface area contributed by atoms with Gasteiger partial charge in [-0.25, -0.2) is 4.98 Å². The Morgan fingerprint density at radius 3 is 2.68 bits per heavy atom. The molecule has 0 aliphatic carbocycles. The molecule has 3 aromatic heterocycles. The third-order valence-corrected chi connectivity index (χ3v) is 6.52. The van der Waals surface area contributed by atoms with Gasteiger partial charge in [0.05, 0.1) is 24.4 Å². The lowest BCUT2D eigenvalue weighted by molar-refractivity contribution is -0.141. The lowest BCUT2D eigenvalue weighted by atomic mass is 9.75. The number of alkyl halides is 3. The number of nitrogens with one attached hydrogen (secondary N) is 2. The van der Waals surface area contributed by atoms with Crippen LogP contribution in [-0.2, 0) is 29.8 Å². The molecule has 4 aromatic rings. The van der Waals surface area contributed by atoms with Crippen molar-refractivity contribution in [2.24, 2.45) is 7.05 Å². The molecule has 1 fully saturated rings. The minimum Gasteiger partial charge on any atom is -0.379 e. The van der Waals surface area contributed by atoms with Gasteiger partial charge in [0.2, 0.25) is 0 Å². The van der Waals surface area contributed by atoms with Crippen LogP contribution in [0, 0.1) is 0 Å². The van der Waals surface area contributed by atoms with E-state index >= 15 is 0 Å². The minimum absolute atomic E-state index is 0.272. The van der Waals surface area contributed by atoms with Gasteiger partial charge in [-0.3, -0.25) is 5.10 Å². The van der Waals surface area contributed by atoms with Crippen molar-refractivity contribution in [2.75, 3.05) is 20.3 Å². The fourth-order valence-electron chi connectivity index (χ4n) is 4.34. The molecule has 34 heavy (non-hydrogen) atoms. The maximum absolute atomic E-state index is 13.6. The molecule has 0 saturated carbocycles. The van der Waals surface area contributed by atoms with Gasteiger partial charge in [-0.2, -0.15) is 18.3 Å². The first-order valence-electron chi connectivity index (χ1n) is 10.9. The number of benzene rings is 1. The van der Waals surface area contributed by atoms with Crippen molar-refractivity contribution in [3.05, 3.63) is 59.4 Å². The molecule has 1 aliphatic heterocycles. The number of halogens is 3. The number of rotatable bonds is 6. The summed E-state index contributed by atoms with van der Waals surface area (Å²) in [6, 6.07) is 8.40. The van der Waals surface area contributed by atoms with Crippen LogP contribution in [0.15, 0.2) is 36.7 Å². The first-order chi connectivity index (χ1) is 16.2. The van der Waals surface area contributed by atoms with Crippen molar-refractivity contribution in [1.29, 1.82) is 0 Å². The zero-order chi connectivity index (χ0) is 24.1.